The Kier molecular flexibility index (Phi) is 4.44. The molecule has 6 heteroatoms. The maximum atomic E-state index is 13.0. The van der Waals surface area contributed by atoms with E-state index in [1.54, 1.807) is 0 Å². The number of rotatable bonds is 4. The first-order valence-corrected chi connectivity index (χ1v) is 6.29. The van der Waals surface area contributed by atoms with E-state index in [0.29, 0.717) is 18.0 Å². The fourth-order valence-corrected chi connectivity index (χ4v) is 2.03. The second-order valence-electron chi connectivity index (χ2n) is 4.79. The van der Waals surface area contributed by atoms with Crippen molar-refractivity contribution in [2.75, 3.05) is 0 Å². The largest absolute Gasteiger partial charge is 0.339 e. The van der Waals surface area contributed by atoms with Gasteiger partial charge in [-0.05, 0) is 37.5 Å². The molecule has 1 aliphatic heterocycles. The summed E-state index contributed by atoms with van der Waals surface area (Å²) in [5.74, 6) is -1.87. The highest BCUT2D eigenvalue weighted by molar-refractivity contribution is 5.76. The van der Waals surface area contributed by atoms with Gasteiger partial charge < -0.3 is 5.32 Å². The summed E-state index contributed by atoms with van der Waals surface area (Å²) in [5, 5.41) is 2.83. The summed E-state index contributed by atoms with van der Waals surface area (Å²) in [7, 11) is 0. The van der Waals surface area contributed by atoms with Gasteiger partial charge in [0.1, 0.15) is 0 Å². The van der Waals surface area contributed by atoms with Crippen LogP contribution in [0.1, 0.15) is 25.3 Å². The monoisotopic (exact) mass is 269 g/mol. The molecule has 2 unspecified atom stereocenters. The molecule has 19 heavy (non-hydrogen) atoms. The molecule has 0 aromatic heterocycles. The first-order valence-electron chi connectivity index (χ1n) is 6.29. The lowest BCUT2D eigenvalue weighted by Gasteiger charge is -2.11. The average Bonchev–Trinajstić information content (AvgIpc) is 2.76. The minimum atomic E-state index is -0.881. The highest BCUT2D eigenvalue weighted by atomic mass is 19.2. The summed E-state index contributed by atoms with van der Waals surface area (Å²) >= 11 is 0. The summed E-state index contributed by atoms with van der Waals surface area (Å²) in [5.41, 5.74) is 6.58. The molecular formula is C13H17F2N3O. The standard InChI is InChI=1S/C13H17F2N3O/c1-8-6-12(18-17-8)16-13(19)5-3-9-2-4-10(14)11(15)7-9/h2,4,7-8,12,17-18H,3,5-6H2,1H3,(H,16,19). The Morgan fingerprint density at radius 2 is 2.16 bits per heavy atom. The molecule has 0 radical (unpaired) electrons. The van der Waals surface area contributed by atoms with Crippen molar-refractivity contribution in [3.8, 4) is 0 Å². The molecular weight excluding hydrogens is 252 g/mol. The molecule has 0 aliphatic carbocycles. The van der Waals surface area contributed by atoms with Gasteiger partial charge in [-0.15, -0.1) is 0 Å². The number of hydrogen-bond donors (Lipinski definition) is 3. The highest BCUT2D eigenvalue weighted by Gasteiger charge is 2.21. The van der Waals surface area contributed by atoms with Gasteiger partial charge in [-0.2, -0.15) is 0 Å². The van der Waals surface area contributed by atoms with Crippen LogP contribution in [0.5, 0.6) is 0 Å². The topological polar surface area (TPSA) is 53.2 Å². The van der Waals surface area contributed by atoms with E-state index in [9.17, 15) is 13.6 Å². The summed E-state index contributed by atoms with van der Waals surface area (Å²) in [6, 6.07) is 4.01. The van der Waals surface area contributed by atoms with Gasteiger partial charge in [0.05, 0.1) is 6.17 Å². The SMILES string of the molecule is CC1CC(NC(=O)CCc2ccc(F)c(F)c2)NN1. The molecule has 1 aromatic carbocycles. The van der Waals surface area contributed by atoms with Crippen LogP contribution in [0.2, 0.25) is 0 Å². The Morgan fingerprint density at radius 1 is 1.37 bits per heavy atom. The minimum Gasteiger partial charge on any atom is -0.339 e. The molecule has 104 valence electrons. The van der Waals surface area contributed by atoms with Crippen molar-refractivity contribution < 1.29 is 13.6 Å². The van der Waals surface area contributed by atoms with Crippen LogP contribution in [-0.4, -0.2) is 18.1 Å². The van der Waals surface area contributed by atoms with E-state index in [1.165, 1.54) is 6.07 Å². The molecule has 2 atom stereocenters. The van der Waals surface area contributed by atoms with E-state index in [2.05, 4.69) is 16.2 Å². The van der Waals surface area contributed by atoms with Crippen molar-refractivity contribution >= 4 is 5.91 Å². The number of hydrogen-bond acceptors (Lipinski definition) is 3. The average molecular weight is 269 g/mol. The fourth-order valence-electron chi connectivity index (χ4n) is 2.03. The van der Waals surface area contributed by atoms with E-state index in [4.69, 9.17) is 0 Å². The normalized spacial score (nSPS) is 22.5. The zero-order chi connectivity index (χ0) is 13.8. The predicted octanol–water partition coefficient (Wildman–Crippen LogP) is 1.23. The number of carbonyl (C=O) groups excluding carboxylic acids is 1. The van der Waals surface area contributed by atoms with Gasteiger partial charge in [0.15, 0.2) is 11.6 Å². The highest BCUT2D eigenvalue weighted by Crippen LogP contribution is 2.10. The van der Waals surface area contributed by atoms with Crippen LogP contribution in [0.4, 0.5) is 8.78 Å². The number of nitrogens with one attached hydrogen (secondary N) is 3. The fraction of sp³-hybridized carbons (Fsp3) is 0.462. The number of benzene rings is 1. The molecule has 1 aliphatic rings. The van der Waals surface area contributed by atoms with Crippen molar-refractivity contribution in [1.82, 2.24) is 16.2 Å². The molecule has 3 N–H and O–H groups in total. The van der Waals surface area contributed by atoms with Gasteiger partial charge in [-0.3, -0.25) is 10.2 Å². The van der Waals surface area contributed by atoms with E-state index >= 15 is 0 Å². The lowest BCUT2D eigenvalue weighted by Crippen LogP contribution is -2.44. The van der Waals surface area contributed by atoms with Gasteiger partial charge in [0, 0.05) is 12.5 Å². The predicted molar refractivity (Wildman–Crippen MR) is 67.0 cm³/mol. The number of amides is 1. The molecule has 1 aromatic rings. The molecule has 0 spiro atoms. The molecule has 2 rings (SSSR count). The van der Waals surface area contributed by atoms with Crippen molar-refractivity contribution in [3.05, 3.63) is 35.4 Å². The number of carbonyl (C=O) groups is 1. The molecule has 0 saturated carbocycles. The number of aryl methyl sites for hydroxylation is 1. The lowest BCUT2D eigenvalue weighted by molar-refractivity contribution is -0.121. The summed E-state index contributed by atoms with van der Waals surface area (Å²) < 4.78 is 25.7. The maximum absolute atomic E-state index is 13.0. The molecule has 1 saturated heterocycles. The van der Waals surface area contributed by atoms with Crippen LogP contribution in [0, 0.1) is 11.6 Å². The van der Waals surface area contributed by atoms with Gasteiger partial charge in [-0.25, -0.2) is 14.2 Å². The second kappa shape index (κ2) is 6.08. The van der Waals surface area contributed by atoms with E-state index in [-0.39, 0.29) is 18.5 Å². The van der Waals surface area contributed by atoms with Gasteiger partial charge in [-0.1, -0.05) is 6.07 Å². The van der Waals surface area contributed by atoms with Crippen molar-refractivity contribution in [3.63, 3.8) is 0 Å². The molecule has 1 heterocycles. The maximum Gasteiger partial charge on any atom is 0.221 e. The summed E-state index contributed by atoms with van der Waals surface area (Å²) in [6.45, 7) is 2.01. The summed E-state index contributed by atoms with van der Waals surface area (Å²) in [4.78, 5) is 11.7. The van der Waals surface area contributed by atoms with Crippen LogP contribution in [0.25, 0.3) is 0 Å². The smallest absolute Gasteiger partial charge is 0.221 e. The molecule has 4 nitrogen and oxygen atoms in total. The van der Waals surface area contributed by atoms with Crippen LogP contribution < -0.4 is 16.2 Å². The molecule has 1 amide bonds. The van der Waals surface area contributed by atoms with Gasteiger partial charge >= 0.3 is 0 Å². The zero-order valence-corrected chi connectivity index (χ0v) is 10.7. The molecule has 0 bridgehead atoms. The minimum absolute atomic E-state index is 0.0764. The first kappa shape index (κ1) is 13.9. The Balaban J connectivity index is 1.78. The quantitative estimate of drug-likeness (QED) is 0.770. The van der Waals surface area contributed by atoms with E-state index in [1.807, 2.05) is 6.92 Å². The summed E-state index contributed by atoms with van der Waals surface area (Å²) in [6.07, 6.45) is 1.38. The van der Waals surface area contributed by atoms with Gasteiger partial charge in [0.2, 0.25) is 5.91 Å². The second-order valence-corrected chi connectivity index (χ2v) is 4.79. The van der Waals surface area contributed by atoms with Crippen molar-refractivity contribution in [2.24, 2.45) is 0 Å². The first-order chi connectivity index (χ1) is 9.04. The third-order valence-corrected chi connectivity index (χ3v) is 3.05. The Hall–Kier alpha value is -1.53. The van der Waals surface area contributed by atoms with Gasteiger partial charge in [0.25, 0.3) is 0 Å². The lowest BCUT2D eigenvalue weighted by atomic mass is 10.1. The van der Waals surface area contributed by atoms with Crippen LogP contribution in [-0.2, 0) is 11.2 Å². The zero-order valence-electron chi connectivity index (χ0n) is 10.7. The Morgan fingerprint density at radius 3 is 2.79 bits per heavy atom. The number of halogens is 2. The van der Waals surface area contributed by atoms with E-state index in [0.717, 1.165) is 18.6 Å². The number of hydrazine groups is 1. The Labute approximate surface area is 110 Å². The molecule has 1 fully saturated rings. The Bertz CT molecular complexity index is 467. The third-order valence-electron chi connectivity index (χ3n) is 3.05. The van der Waals surface area contributed by atoms with E-state index < -0.39 is 11.6 Å². The third kappa shape index (κ3) is 3.97. The van der Waals surface area contributed by atoms with Crippen LogP contribution in [0.15, 0.2) is 18.2 Å². The van der Waals surface area contributed by atoms with Crippen molar-refractivity contribution in [2.45, 2.75) is 38.4 Å². The van der Waals surface area contributed by atoms with Crippen LogP contribution in [0.3, 0.4) is 0 Å². The van der Waals surface area contributed by atoms with Crippen molar-refractivity contribution in [1.29, 1.82) is 0 Å². The van der Waals surface area contributed by atoms with Crippen LogP contribution >= 0.6 is 0 Å².